The Hall–Kier alpha value is -4.04. The molecule has 0 aliphatic rings. The fourth-order valence-corrected chi connectivity index (χ4v) is 4.24. The molecule has 8 heteroatoms. The minimum Gasteiger partial charge on any atom is -0.497 e. The third-order valence-corrected chi connectivity index (χ3v) is 6.31. The van der Waals surface area contributed by atoms with Crippen LogP contribution in [0, 0.1) is 6.92 Å². The number of nitrogens with one attached hydrogen (secondary N) is 1. The van der Waals surface area contributed by atoms with Crippen LogP contribution < -0.4 is 10.1 Å². The molecule has 0 bridgehead atoms. The van der Waals surface area contributed by atoms with Gasteiger partial charge in [-0.3, -0.25) is 9.59 Å². The maximum absolute atomic E-state index is 13.2. The van der Waals surface area contributed by atoms with Gasteiger partial charge in [0.1, 0.15) is 10.8 Å². The number of methoxy groups -OCH3 is 1. The Bertz CT molecular complexity index is 1270. The molecule has 1 N–H and O–H groups in total. The third kappa shape index (κ3) is 6.51. The summed E-state index contributed by atoms with van der Waals surface area (Å²) in [5, 5.41) is 12.2. The van der Waals surface area contributed by atoms with Crippen LogP contribution in [0.5, 0.6) is 5.75 Å². The molecule has 0 atom stereocenters. The fourth-order valence-electron chi connectivity index (χ4n) is 3.48. The number of anilines is 1. The normalized spacial score (nSPS) is 10.6. The van der Waals surface area contributed by atoms with Crippen LogP contribution in [0.15, 0.2) is 78.9 Å². The zero-order valence-electron chi connectivity index (χ0n) is 19.6. The number of hydrogen-bond donors (Lipinski definition) is 1. The number of benzene rings is 3. The Kier molecular flexibility index (Phi) is 7.84. The Morgan fingerprint density at radius 2 is 1.66 bits per heavy atom. The van der Waals surface area contributed by atoms with E-state index < -0.39 is 0 Å². The Labute approximate surface area is 208 Å². The molecule has 0 aliphatic heterocycles. The van der Waals surface area contributed by atoms with Gasteiger partial charge in [0.05, 0.1) is 7.11 Å². The second-order valence-electron chi connectivity index (χ2n) is 8.02. The second-order valence-corrected chi connectivity index (χ2v) is 8.99. The van der Waals surface area contributed by atoms with Crippen LogP contribution in [-0.2, 0) is 11.3 Å². The van der Waals surface area contributed by atoms with Gasteiger partial charge in [0.25, 0.3) is 5.91 Å². The number of aromatic nitrogens is 2. The molecule has 0 saturated heterocycles. The number of hydrogen-bond acceptors (Lipinski definition) is 6. The van der Waals surface area contributed by atoms with Gasteiger partial charge in [0.15, 0.2) is 0 Å². The molecule has 0 fully saturated rings. The van der Waals surface area contributed by atoms with Crippen molar-refractivity contribution < 1.29 is 14.3 Å². The molecule has 0 spiro atoms. The zero-order valence-corrected chi connectivity index (χ0v) is 20.4. The lowest BCUT2D eigenvalue weighted by Gasteiger charge is -2.23. The van der Waals surface area contributed by atoms with Gasteiger partial charge in [0.2, 0.25) is 11.0 Å². The third-order valence-electron chi connectivity index (χ3n) is 5.42. The van der Waals surface area contributed by atoms with Crippen molar-refractivity contribution in [1.82, 2.24) is 15.1 Å². The summed E-state index contributed by atoms with van der Waals surface area (Å²) >= 11 is 1.29. The number of aryl methyl sites for hydroxylation is 1. The molecule has 3 aromatic carbocycles. The van der Waals surface area contributed by atoms with E-state index >= 15 is 0 Å². The summed E-state index contributed by atoms with van der Waals surface area (Å²) in [4.78, 5) is 27.6. The van der Waals surface area contributed by atoms with Gasteiger partial charge in [0, 0.05) is 30.6 Å². The standard InChI is InChI=1S/C27H26N4O3S/c1-19-8-10-22(11-9-19)26(33)31(18-20-6-4-3-5-7-20)17-16-24(32)28-27-30-29-25(35-27)21-12-14-23(34-2)15-13-21/h3-15H,16-18H2,1-2H3,(H,28,30,32). The SMILES string of the molecule is COc1ccc(-c2nnc(NC(=O)CCN(Cc3ccccc3)C(=O)c3ccc(C)cc3)s2)cc1. The lowest BCUT2D eigenvalue weighted by molar-refractivity contribution is -0.116. The van der Waals surface area contributed by atoms with E-state index in [2.05, 4.69) is 15.5 Å². The van der Waals surface area contributed by atoms with Crippen molar-refractivity contribution in [2.45, 2.75) is 19.9 Å². The Morgan fingerprint density at radius 3 is 2.34 bits per heavy atom. The summed E-state index contributed by atoms with van der Waals surface area (Å²) in [6, 6.07) is 24.7. The van der Waals surface area contributed by atoms with E-state index in [4.69, 9.17) is 4.74 Å². The van der Waals surface area contributed by atoms with Gasteiger partial charge in [-0.25, -0.2) is 0 Å². The highest BCUT2D eigenvalue weighted by atomic mass is 32.1. The first-order valence-corrected chi connectivity index (χ1v) is 12.0. The summed E-state index contributed by atoms with van der Waals surface area (Å²) < 4.78 is 5.18. The van der Waals surface area contributed by atoms with Crippen LogP contribution in [0.25, 0.3) is 10.6 Å². The summed E-state index contributed by atoms with van der Waals surface area (Å²) in [7, 11) is 1.61. The molecule has 0 radical (unpaired) electrons. The topological polar surface area (TPSA) is 84.4 Å². The van der Waals surface area contributed by atoms with Crippen LogP contribution in [0.1, 0.15) is 27.9 Å². The molecule has 0 saturated carbocycles. The van der Waals surface area contributed by atoms with E-state index in [0.717, 1.165) is 22.4 Å². The van der Waals surface area contributed by atoms with Crippen LogP contribution in [-0.4, -0.2) is 40.6 Å². The molecule has 178 valence electrons. The molecule has 35 heavy (non-hydrogen) atoms. The highest BCUT2D eigenvalue weighted by Crippen LogP contribution is 2.27. The predicted molar refractivity (Wildman–Crippen MR) is 138 cm³/mol. The molecule has 4 rings (SSSR count). The molecule has 0 aliphatic carbocycles. The molecule has 7 nitrogen and oxygen atoms in total. The van der Waals surface area contributed by atoms with E-state index in [1.165, 1.54) is 11.3 Å². The number of nitrogens with zero attached hydrogens (tertiary/aromatic N) is 3. The van der Waals surface area contributed by atoms with Crippen molar-refractivity contribution in [1.29, 1.82) is 0 Å². The van der Waals surface area contributed by atoms with Crippen molar-refractivity contribution in [3.8, 4) is 16.3 Å². The van der Waals surface area contributed by atoms with Gasteiger partial charge in [-0.15, -0.1) is 10.2 Å². The Balaban J connectivity index is 1.40. The van der Waals surface area contributed by atoms with Crippen molar-refractivity contribution >= 4 is 28.3 Å². The highest BCUT2D eigenvalue weighted by molar-refractivity contribution is 7.18. The average molecular weight is 487 g/mol. The van der Waals surface area contributed by atoms with E-state index in [-0.39, 0.29) is 24.8 Å². The average Bonchev–Trinajstić information content (AvgIpc) is 3.35. The first kappa shape index (κ1) is 24.1. The van der Waals surface area contributed by atoms with Gasteiger partial charge in [-0.05, 0) is 48.9 Å². The summed E-state index contributed by atoms with van der Waals surface area (Å²) in [5.41, 5.74) is 3.57. The van der Waals surface area contributed by atoms with E-state index in [1.54, 1.807) is 12.0 Å². The number of ether oxygens (including phenoxy) is 1. The monoisotopic (exact) mass is 486 g/mol. The van der Waals surface area contributed by atoms with E-state index in [0.29, 0.717) is 22.2 Å². The predicted octanol–water partition coefficient (Wildman–Crippen LogP) is 5.19. The van der Waals surface area contributed by atoms with E-state index in [9.17, 15) is 9.59 Å². The number of carbonyl (C=O) groups is 2. The van der Waals surface area contributed by atoms with Crippen LogP contribution in [0.3, 0.4) is 0 Å². The number of carbonyl (C=O) groups excluding carboxylic acids is 2. The molecule has 4 aromatic rings. The van der Waals surface area contributed by atoms with Gasteiger partial charge in [-0.2, -0.15) is 0 Å². The summed E-state index contributed by atoms with van der Waals surface area (Å²) in [6.07, 6.45) is 0.141. The Morgan fingerprint density at radius 1 is 0.943 bits per heavy atom. The maximum atomic E-state index is 13.2. The zero-order chi connectivity index (χ0) is 24.6. The van der Waals surface area contributed by atoms with Crippen molar-refractivity contribution in [3.05, 3.63) is 95.6 Å². The molecule has 1 heterocycles. The molecule has 0 unspecified atom stereocenters. The van der Waals surface area contributed by atoms with Crippen LogP contribution >= 0.6 is 11.3 Å². The van der Waals surface area contributed by atoms with Crippen molar-refractivity contribution in [2.24, 2.45) is 0 Å². The summed E-state index contributed by atoms with van der Waals surface area (Å²) in [6.45, 7) is 2.67. The lowest BCUT2D eigenvalue weighted by atomic mass is 10.1. The highest BCUT2D eigenvalue weighted by Gasteiger charge is 2.18. The quantitative estimate of drug-likeness (QED) is 0.352. The summed E-state index contributed by atoms with van der Waals surface area (Å²) in [5.74, 6) is 0.420. The molecule has 1 aromatic heterocycles. The number of rotatable bonds is 9. The van der Waals surface area contributed by atoms with Gasteiger partial charge >= 0.3 is 0 Å². The van der Waals surface area contributed by atoms with E-state index in [1.807, 2.05) is 85.8 Å². The minimum absolute atomic E-state index is 0.112. The second kappa shape index (κ2) is 11.4. The molecule has 2 amide bonds. The molecular weight excluding hydrogens is 460 g/mol. The number of amides is 2. The minimum atomic E-state index is -0.225. The van der Waals surface area contributed by atoms with Crippen LogP contribution in [0.4, 0.5) is 5.13 Å². The fraction of sp³-hybridized carbons (Fsp3) is 0.185. The van der Waals surface area contributed by atoms with Gasteiger partial charge in [-0.1, -0.05) is 59.4 Å². The van der Waals surface area contributed by atoms with Crippen molar-refractivity contribution in [3.63, 3.8) is 0 Å². The smallest absolute Gasteiger partial charge is 0.254 e. The van der Waals surface area contributed by atoms with Gasteiger partial charge < -0.3 is 15.0 Å². The molecular formula is C27H26N4O3S. The first-order valence-electron chi connectivity index (χ1n) is 11.2. The maximum Gasteiger partial charge on any atom is 0.254 e. The lowest BCUT2D eigenvalue weighted by Crippen LogP contribution is -2.33. The largest absolute Gasteiger partial charge is 0.497 e. The first-order chi connectivity index (χ1) is 17.0. The van der Waals surface area contributed by atoms with Crippen LogP contribution in [0.2, 0.25) is 0 Å². The van der Waals surface area contributed by atoms with Crippen molar-refractivity contribution in [2.75, 3.05) is 19.0 Å².